The van der Waals surface area contributed by atoms with Gasteiger partial charge >= 0.3 is 0 Å². The maximum Gasteiger partial charge on any atom is 0.0600 e. The van der Waals surface area contributed by atoms with Crippen molar-refractivity contribution in [1.82, 2.24) is 0 Å². The average Bonchev–Trinajstić information content (AvgIpc) is 2.45. The van der Waals surface area contributed by atoms with Crippen LogP contribution in [0, 0.1) is 0 Å². The number of fused-ring (bicyclic) bond motifs is 1. The second-order valence-electron chi connectivity index (χ2n) is 6.91. The van der Waals surface area contributed by atoms with Crippen LogP contribution in [-0.2, 0) is 11.0 Å². The zero-order valence-electron chi connectivity index (χ0n) is 12.9. The highest BCUT2D eigenvalue weighted by molar-refractivity contribution is 5.56. The molecule has 0 aliphatic carbocycles. The summed E-state index contributed by atoms with van der Waals surface area (Å²) in [4.78, 5) is 2.54. The lowest BCUT2D eigenvalue weighted by Crippen LogP contribution is -2.53. The Labute approximate surface area is 122 Å². The van der Waals surface area contributed by atoms with Gasteiger partial charge in [-0.05, 0) is 37.1 Å². The molecule has 0 bridgehead atoms. The van der Waals surface area contributed by atoms with Gasteiger partial charge in [-0.2, -0.15) is 0 Å². The highest BCUT2D eigenvalue weighted by atomic mass is 15.2. The summed E-state index contributed by atoms with van der Waals surface area (Å²) in [6.07, 6.45) is 0. The van der Waals surface area contributed by atoms with E-state index in [2.05, 4.69) is 87.2 Å². The van der Waals surface area contributed by atoms with E-state index in [1.807, 2.05) is 0 Å². The van der Waals surface area contributed by atoms with Crippen molar-refractivity contribution < 1.29 is 0 Å². The number of para-hydroxylation sites is 1. The zero-order chi connectivity index (χ0) is 14.4. The zero-order valence-corrected chi connectivity index (χ0v) is 12.9. The fourth-order valence-electron chi connectivity index (χ4n) is 3.45. The van der Waals surface area contributed by atoms with Crippen LogP contribution >= 0.6 is 0 Å². The van der Waals surface area contributed by atoms with Crippen LogP contribution in [0.5, 0.6) is 0 Å². The Hall–Kier alpha value is -1.76. The molecular weight excluding hydrogens is 242 g/mol. The first-order valence-electron chi connectivity index (χ1n) is 7.36. The van der Waals surface area contributed by atoms with E-state index in [9.17, 15) is 0 Å². The van der Waals surface area contributed by atoms with Gasteiger partial charge in [0.2, 0.25) is 0 Å². The summed E-state index contributed by atoms with van der Waals surface area (Å²) in [5.74, 6) is 0. The molecule has 1 heteroatoms. The maximum absolute atomic E-state index is 2.54. The minimum Gasteiger partial charge on any atom is -0.361 e. The third-order valence-electron chi connectivity index (χ3n) is 4.61. The molecule has 104 valence electrons. The van der Waals surface area contributed by atoms with Crippen molar-refractivity contribution in [3.05, 3.63) is 65.7 Å². The van der Waals surface area contributed by atoms with Crippen LogP contribution < -0.4 is 4.90 Å². The SMILES string of the molecule is CC1(C)CN(c2ccccc2)C(C)(C)c2ccccc21. The van der Waals surface area contributed by atoms with Crippen molar-refractivity contribution >= 4 is 5.69 Å². The van der Waals surface area contributed by atoms with Crippen LogP contribution in [-0.4, -0.2) is 6.54 Å². The van der Waals surface area contributed by atoms with Crippen molar-refractivity contribution in [1.29, 1.82) is 0 Å². The van der Waals surface area contributed by atoms with Gasteiger partial charge in [-0.3, -0.25) is 0 Å². The Morgan fingerprint density at radius 1 is 0.750 bits per heavy atom. The van der Waals surface area contributed by atoms with Gasteiger partial charge in [0, 0.05) is 17.6 Å². The largest absolute Gasteiger partial charge is 0.361 e. The van der Waals surface area contributed by atoms with Crippen LogP contribution in [0.3, 0.4) is 0 Å². The van der Waals surface area contributed by atoms with Crippen molar-refractivity contribution in [3.63, 3.8) is 0 Å². The molecule has 1 aliphatic rings. The highest BCUT2D eigenvalue weighted by Gasteiger charge is 2.42. The summed E-state index contributed by atoms with van der Waals surface area (Å²) in [5, 5.41) is 0. The van der Waals surface area contributed by atoms with Crippen LogP contribution in [0.4, 0.5) is 5.69 Å². The lowest BCUT2D eigenvalue weighted by molar-refractivity contribution is 0.366. The molecule has 1 heterocycles. The summed E-state index contributed by atoms with van der Waals surface area (Å²) in [6, 6.07) is 19.7. The highest BCUT2D eigenvalue weighted by Crippen LogP contribution is 2.44. The number of hydrogen-bond acceptors (Lipinski definition) is 1. The van der Waals surface area contributed by atoms with E-state index in [0.29, 0.717) is 0 Å². The third kappa shape index (κ3) is 1.93. The summed E-state index contributed by atoms with van der Waals surface area (Å²) in [5.41, 5.74) is 4.42. The lowest BCUT2D eigenvalue weighted by atomic mass is 9.71. The Morgan fingerprint density at radius 3 is 1.95 bits per heavy atom. The topological polar surface area (TPSA) is 3.24 Å². The number of rotatable bonds is 1. The Kier molecular flexibility index (Phi) is 2.89. The van der Waals surface area contributed by atoms with Crippen LogP contribution in [0.15, 0.2) is 54.6 Å². The number of benzene rings is 2. The third-order valence-corrected chi connectivity index (χ3v) is 4.61. The van der Waals surface area contributed by atoms with Gasteiger partial charge in [0.05, 0.1) is 5.54 Å². The Balaban J connectivity index is 2.17. The van der Waals surface area contributed by atoms with Crippen molar-refractivity contribution in [2.24, 2.45) is 0 Å². The molecule has 0 amide bonds. The summed E-state index contributed by atoms with van der Waals surface area (Å²) < 4.78 is 0. The fourth-order valence-corrected chi connectivity index (χ4v) is 3.45. The van der Waals surface area contributed by atoms with Gasteiger partial charge in [0.1, 0.15) is 0 Å². The maximum atomic E-state index is 2.54. The minimum atomic E-state index is 0.0213. The van der Waals surface area contributed by atoms with Gasteiger partial charge < -0.3 is 4.90 Å². The van der Waals surface area contributed by atoms with Gasteiger partial charge in [-0.15, -0.1) is 0 Å². The number of anilines is 1. The molecular formula is C19H23N. The molecule has 2 aromatic carbocycles. The molecule has 0 saturated heterocycles. The van der Waals surface area contributed by atoms with Crippen molar-refractivity contribution in [2.75, 3.05) is 11.4 Å². The number of nitrogens with zero attached hydrogens (tertiary/aromatic N) is 1. The van der Waals surface area contributed by atoms with E-state index in [1.54, 1.807) is 0 Å². The van der Waals surface area contributed by atoms with E-state index in [1.165, 1.54) is 16.8 Å². The van der Waals surface area contributed by atoms with Crippen LogP contribution in [0.2, 0.25) is 0 Å². The smallest absolute Gasteiger partial charge is 0.0600 e. The quantitative estimate of drug-likeness (QED) is 0.721. The van der Waals surface area contributed by atoms with E-state index < -0.39 is 0 Å². The first-order chi connectivity index (χ1) is 9.43. The van der Waals surface area contributed by atoms with Gasteiger partial charge in [-0.1, -0.05) is 56.3 Å². The molecule has 1 aliphatic heterocycles. The van der Waals surface area contributed by atoms with Gasteiger partial charge in [-0.25, -0.2) is 0 Å². The van der Waals surface area contributed by atoms with E-state index in [-0.39, 0.29) is 11.0 Å². The molecule has 0 N–H and O–H groups in total. The Bertz CT molecular complexity index is 611. The standard InChI is InChI=1S/C19H23N/c1-18(2)14-20(15-10-6-5-7-11-15)19(3,4)17-13-9-8-12-16(17)18/h5-13H,14H2,1-4H3. The first-order valence-corrected chi connectivity index (χ1v) is 7.36. The molecule has 0 atom stereocenters. The summed E-state index contributed by atoms with van der Waals surface area (Å²) >= 11 is 0. The minimum absolute atomic E-state index is 0.0213. The molecule has 2 aromatic rings. The van der Waals surface area contributed by atoms with E-state index >= 15 is 0 Å². The molecule has 0 radical (unpaired) electrons. The molecule has 0 aromatic heterocycles. The van der Waals surface area contributed by atoms with E-state index in [0.717, 1.165) is 6.54 Å². The molecule has 0 saturated carbocycles. The molecule has 3 rings (SSSR count). The fraction of sp³-hybridized carbons (Fsp3) is 0.368. The van der Waals surface area contributed by atoms with E-state index in [4.69, 9.17) is 0 Å². The van der Waals surface area contributed by atoms with Gasteiger partial charge in [0.15, 0.2) is 0 Å². The number of hydrogen-bond donors (Lipinski definition) is 0. The predicted octanol–water partition coefficient (Wildman–Crippen LogP) is 4.72. The first kappa shape index (κ1) is 13.2. The predicted molar refractivity (Wildman–Crippen MR) is 86.3 cm³/mol. The van der Waals surface area contributed by atoms with Crippen LogP contribution in [0.25, 0.3) is 0 Å². The molecule has 20 heavy (non-hydrogen) atoms. The average molecular weight is 265 g/mol. The summed E-state index contributed by atoms with van der Waals surface area (Å²) in [6.45, 7) is 10.4. The normalized spacial score (nSPS) is 19.5. The van der Waals surface area contributed by atoms with Gasteiger partial charge in [0.25, 0.3) is 0 Å². The van der Waals surface area contributed by atoms with Crippen LogP contribution in [0.1, 0.15) is 38.8 Å². The summed E-state index contributed by atoms with van der Waals surface area (Å²) in [7, 11) is 0. The second-order valence-corrected chi connectivity index (χ2v) is 6.91. The second kappa shape index (κ2) is 4.37. The monoisotopic (exact) mass is 265 g/mol. The Morgan fingerprint density at radius 2 is 1.30 bits per heavy atom. The lowest BCUT2D eigenvalue weighted by Gasteiger charge is -2.51. The molecule has 1 nitrogen and oxygen atoms in total. The molecule has 0 spiro atoms. The van der Waals surface area contributed by atoms with Crippen molar-refractivity contribution in [2.45, 2.75) is 38.6 Å². The molecule has 0 fully saturated rings. The molecule has 0 unspecified atom stereocenters. The van der Waals surface area contributed by atoms with Crippen molar-refractivity contribution in [3.8, 4) is 0 Å².